The zero-order valence-corrected chi connectivity index (χ0v) is 10.3. The molecule has 0 aliphatic carbocycles. The lowest BCUT2D eigenvalue weighted by Gasteiger charge is -2.28. The molecule has 17 heavy (non-hydrogen) atoms. The summed E-state index contributed by atoms with van der Waals surface area (Å²) >= 11 is 0. The number of carbonyl (C=O) groups excluding carboxylic acids is 1. The van der Waals surface area contributed by atoms with Crippen LogP contribution in [0.5, 0.6) is 0 Å². The molecule has 1 aromatic carbocycles. The van der Waals surface area contributed by atoms with Crippen LogP contribution in [0.25, 0.3) is 0 Å². The summed E-state index contributed by atoms with van der Waals surface area (Å²) in [5.74, 6) is 0.0453. The number of aryl methyl sites for hydroxylation is 1. The highest BCUT2D eigenvalue weighted by Crippen LogP contribution is 2.30. The molecule has 92 valence electrons. The lowest BCUT2D eigenvalue weighted by Crippen LogP contribution is -2.39. The van der Waals surface area contributed by atoms with E-state index in [1.165, 1.54) is 6.07 Å². The fourth-order valence-electron chi connectivity index (χ4n) is 2.01. The van der Waals surface area contributed by atoms with Crippen molar-refractivity contribution in [2.75, 3.05) is 10.6 Å². The molecule has 2 rings (SSSR count). The van der Waals surface area contributed by atoms with Gasteiger partial charge in [0, 0.05) is 0 Å². The highest BCUT2D eigenvalue weighted by Gasteiger charge is 2.26. The van der Waals surface area contributed by atoms with Gasteiger partial charge in [-0.05, 0) is 37.0 Å². The normalized spacial score (nSPS) is 18.6. The number of halogens is 1. The molecule has 1 aliphatic rings. The van der Waals surface area contributed by atoms with Crippen LogP contribution in [0.15, 0.2) is 12.1 Å². The zero-order valence-electron chi connectivity index (χ0n) is 10.3. The van der Waals surface area contributed by atoms with Gasteiger partial charge in [-0.25, -0.2) is 4.39 Å². The monoisotopic (exact) mass is 236 g/mol. The van der Waals surface area contributed by atoms with Crippen molar-refractivity contribution >= 4 is 17.3 Å². The number of nitrogens with one attached hydrogen (secondary N) is 2. The average Bonchev–Trinajstić information content (AvgIpc) is 2.22. The third-order valence-corrected chi connectivity index (χ3v) is 2.91. The Balaban J connectivity index is 2.28. The van der Waals surface area contributed by atoms with E-state index >= 15 is 0 Å². The molecule has 0 fully saturated rings. The van der Waals surface area contributed by atoms with Gasteiger partial charge < -0.3 is 10.6 Å². The van der Waals surface area contributed by atoms with Crippen LogP contribution in [0, 0.1) is 18.7 Å². The topological polar surface area (TPSA) is 41.1 Å². The Labute approximate surface area is 100 Å². The molecule has 1 amide bonds. The molecule has 1 aliphatic heterocycles. The van der Waals surface area contributed by atoms with Gasteiger partial charge in [0.15, 0.2) is 0 Å². The lowest BCUT2D eigenvalue weighted by molar-refractivity contribution is -0.117. The van der Waals surface area contributed by atoms with Crippen molar-refractivity contribution in [3.8, 4) is 0 Å². The molecule has 0 saturated carbocycles. The molecular formula is C13H17FN2O. The van der Waals surface area contributed by atoms with Crippen molar-refractivity contribution < 1.29 is 9.18 Å². The molecule has 1 aromatic rings. The third kappa shape index (κ3) is 2.40. The number of hydrogen-bond acceptors (Lipinski definition) is 2. The van der Waals surface area contributed by atoms with Crippen LogP contribution in [-0.2, 0) is 4.79 Å². The Morgan fingerprint density at radius 2 is 2.06 bits per heavy atom. The first kappa shape index (κ1) is 11.9. The fraction of sp³-hybridized carbons (Fsp3) is 0.462. The SMILES string of the molecule is Cc1cc2c(cc1F)NC(=O)C(CC(C)C)N2. The molecule has 0 bridgehead atoms. The van der Waals surface area contributed by atoms with E-state index in [4.69, 9.17) is 0 Å². The minimum Gasteiger partial charge on any atom is -0.372 e. The van der Waals surface area contributed by atoms with E-state index in [9.17, 15) is 9.18 Å². The largest absolute Gasteiger partial charge is 0.372 e. The minimum atomic E-state index is -0.298. The smallest absolute Gasteiger partial charge is 0.246 e. The van der Waals surface area contributed by atoms with E-state index in [1.54, 1.807) is 13.0 Å². The van der Waals surface area contributed by atoms with E-state index in [1.807, 2.05) is 0 Å². The van der Waals surface area contributed by atoms with E-state index in [-0.39, 0.29) is 17.8 Å². The van der Waals surface area contributed by atoms with E-state index in [2.05, 4.69) is 24.5 Å². The molecule has 4 heteroatoms. The molecule has 3 nitrogen and oxygen atoms in total. The molecule has 1 atom stereocenters. The highest BCUT2D eigenvalue weighted by molar-refractivity contribution is 6.03. The molecular weight excluding hydrogens is 219 g/mol. The van der Waals surface area contributed by atoms with Gasteiger partial charge in [-0.1, -0.05) is 13.8 Å². The van der Waals surface area contributed by atoms with Crippen LogP contribution in [-0.4, -0.2) is 11.9 Å². The second kappa shape index (κ2) is 4.35. The number of hydrogen-bond donors (Lipinski definition) is 2. The van der Waals surface area contributed by atoms with Crippen LogP contribution >= 0.6 is 0 Å². The van der Waals surface area contributed by atoms with Crippen molar-refractivity contribution in [2.45, 2.75) is 33.2 Å². The van der Waals surface area contributed by atoms with Crippen molar-refractivity contribution in [3.63, 3.8) is 0 Å². The van der Waals surface area contributed by atoms with Crippen LogP contribution in [0.1, 0.15) is 25.8 Å². The van der Waals surface area contributed by atoms with Gasteiger partial charge in [-0.3, -0.25) is 4.79 Å². The number of amides is 1. The summed E-state index contributed by atoms with van der Waals surface area (Å²) in [5.41, 5.74) is 1.91. The van der Waals surface area contributed by atoms with Gasteiger partial charge in [-0.2, -0.15) is 0 Å². The zero-order chi connectivity index (χ0) is 12.6. The van der Waals surface area contributed by atoms with Crippen molar-refractivity contribution in [2.24, 2.45) is 5.92 Å². The quantitative estimate of drug-likeness (QED) is 0.829. The first-order chi connectivity index (χ1) is 7.97. The van der Waals surface area contributed by atoms with Crippen molar-refractivity contribution in [1.29, 1.82) is 0 Å². The van der Waals surface area contributed by atoms with E-state index < -0.39 is 0 Å². The molecule has 0 saturated heterocycles. The molecule has 2 N–H and O–H groups in total. The number of rotatable bonds is 2. The molecule has 0 aromatic heterocycles. The van der Waals surface area contributed by atoms with E-state index in [0.29, 0.717) is 17.2 Å². The Morgan fingerprint density at radius 3 is 2.71 bits per heavy atom. The van der Waals surface area contributed by atoms with Crippen LogP contribution < -0.4 is 10.6 Å². The Morgan fingerprint density at radius 1 is 1.35 bits per heavy atom. The first-order valence-electron chi connectivity index (χ1n) is 5.85. The van der Waals surface area contributed by atoms with Gasteiger partial charge >= 0.3 is 0 Å². The summed E-state index contributed by atoms with van der Waals surface area (Å²) in [5, 5.41) is 5.91. The van der Waals surface area contributed by atoms with Gasteiger partial charge in [0.1, 0.15) is 11.9 Å². The minimum absolute atomic E-state index is 0.0885. The van der Waals surface area contributed by atoms with Crippen molar-refractivity contribution in [1.82, 2.24) is 0 Å². The lowest BCUT2D eigenvalue weighted by atomic mass is 10.00. The standard InChI is InChI=1S/C13H17FN2O/c1-7(2)4-12-13(17)16-11-6-9(14)8(3)5-10(11)15-12/h5-7,12,15H,4H2,1-3H3,(H,16,17). The second-order valence-electron chi connectivity index (χ2n) is 4.96. The fourth-order valence-corrected chi connectivity index (χ4v) is 2.01. The Bertz CT molecular complexity index is 457. The summed E-state index contributed by atoms with van der Waals surface area (Å²) in [4.78, 5) is 11.8. The first-order valence-corrected chi connectivity index (χ1v) is 5.85. The summed E-state index contributed by atoms with van der Waals surface area (Å²) in [6.45, 7) is 5.85. The second-order valence-corrected chi connectivity index (χ2v) is 4.96. The summed E-state index contributed by atoms with van der Waals surface area (Å²) in [7, 11) is 0. The number of carbonyl (C=O) groups is 1. The molecule has 1 unspecified atom stereocenters. The third-order valence-electron chi connectivity index (χ3n) is 2.91. The molecule has 0 radical (unpaired) electrons. The van der Waals surface area contributed by atoms with Crippen molar-refractivity contribution in [3.05, 3.63) is 23.5 Å². The van der Waals surface area contributed by atoms with Gasteiger partial charge in [-0.15, -0.1) is 0 Å². The number of anilines is 2. The van der Waals surface area contributed by atoms with Gasteiger partial charge in [0.2, 0.25) is 5.91 Å². The number of fused-ring (bicyclic) bond motifs is 1. The van der Waals surface area contributed by atoms with Crippen LogP contribution in [0.2, 0.25) is 0 Å². The summed E-state index contributed by atoms with van der Waals surface area (Å²) < 4.78 is 13.4. The van der Waals surface area contributed by atoms with Gasteiger partial charge in [0.25, 0.3) is 0 Å². The maximum atomic E-state index is 13.4. The highest BCUT2D eigenvalue weighted by atomic mass is 19.1. The summed E-state index contributed by atoms with van der Waals surface area (Å²) in [6.07, 6.45) is 0.766. The number of benzene rings is 1. The average molecular weight is 236 g/mol. The molecule has 1 heterocycles. The maximum Gasteiger partial charge on any atom is 0.246 e. The van der Waals surface area contributed by atoms with E-state index in [0.717, 1.165) is 12.1 Å². The van der Waals surface area contributed by atoms with Crippen LogP contribution in [0.3, 0.4) is 0 Å². The van der Waals surface area contributed by atoms with Gasteiger partial charge in [0.05, 0.1) is 11.4 Å². The maximum absolute atomic E-state index is 13.4. The summed E-state index contributed by atoms with van der Waals surface area (Å²) in [6, 6.07) is 2.87. The predicted octanol–water partition coefficient (Wildman–Crippen LogP) is 2.91. The van der Waals surface area contributed by atoms with Crippen LogP contribution in [0.4, 0.5) is 15.8 Å². The Kier molecular flexibility index (Phi) is 3.05. The Hall–Kier alpha value is -1.58. The molecule has 0 spiro atoms. The predicted molar refractivity (Wildman–Crippen MR) is 66.6 cm³/mol.